The molecule has 2 aromatic heterocycles. The van der Waals surface area contributed by atoms with Gasteiger partial charge in [-0.25, -0.2) is 12.8 Å². The van der Waals surface area contributed by atoms with E-state index in [0.717, 1.165) is 10.9 Å². The molecule has 3 aromatic rings. The van der Waals surface area contributed by atoms with Crippen LogP contribution in [0.5, 0.6) is 0 Å². The van der Waals surface area contributed by atoms with Gasteiger partial charge in [-0.1, -0.05) is 12.1 Å². The van der Waals surface area contributed by atoms with Gasteiger partial charge in [0.05, 0.1) is 17.7 Å². The third kappa shape index (κ3) is 3.92. The number of hydrogen-bond donors (Lipinski definition) is 0. The molecule has 0 aliphatic carbocycles. The molecule has 0 atom stereocenters. The van der Waals surface area contributed by atoms with E-state index in [2.05, 4.69) is 0 Å². The first-order valence-corrected chi connectivity index (χ1v) is 9.68. The molecule has 3 rings (SSSR count). The van der Waals surface area contributed by atoms with E-state index in [1.54, 1.807) is 23.5 Å². The fourth-order valence-corrected chi connectivity index (χ4v) is 4.46. The van der Waals surface area contributed by atoms with Crippen LogP contribution in [0.4, 0.5) is 4.39 Å². The highest BCUT2D eigenvalue weighted by molar-refractivity contribution is 7.89. The van der Waals surface area contributed by atoms with E-state index in [-0.39, 0.29) is 11.4 Å². The second-order valence-electron chi connectivity index (χ2n) is 5.20. The van der Waals surface area contributed by atoms with Crippen LogP contribution < -0.4 is 0 Å². The number of hydrogen-bond acceptors (Lipinski definition) is 4. The van der Waals surface area contributed by atoms with Crippen LogP contribution in [-0.4, -0.2) is 19.3 Å². The van der Waals surface area contributed by atoms with E-state index in [9.17, 15) is 12.8 Å². The molecule has 0 spiro atoms. The van der Waals surface area contributed by atoms with Gasteiger partial charge in [-0.15, -0.1) is 11.3 Å². The number of sulfonamides is 1. The van der Waals surface area contributed by atoms with E-state index in [0.29, 0.717) is 18.7 Å². The monoisotopic (exact) mass is 365 g/mol. The van der Waals surface area contributed by atoms with Gasteiger partial charge in [-0.2, -0.15) is 4.31 Å². The quantitative estimate of drug-likeness (QED) is 0.638. The van der Waals surface area contributed by atoms with Crippen molar-refractivity contribution in [3.8, 4) is 0 Å². The Morgan fingerprint density at radius 2 is 2.00 bits per heavy atom. The number of furan rings is 1. The molecule has 2 heterocycles. The lowest BCUT2D eigenvalue weighted by Gasteiger charge is -2.21. The van der Waals surface area contributed by atoms with E-state index >= 15 is 0 Å². The zero-order valence-electron chi connectivity index (χ0n) is 12.8. The molecule has 0 aliphatic rings. The lowest BCUT2D eigenvalue weighted by molar-refractivity contribution is 0.366. The van der Waals surface area contributed by atoms with Gasteiger partial charge in [-0.05, 0) is 48.2 Å². The average molecular weight is 365 g/mol. The molecule has 0 radical (unpaired) electrons. The summed E-state index contributed by atoms with van der Waals surface area (Å²) >= 11 is 1.58. The first-order chi connectivity index (χ1) is 11.6. The number of nitrogens with zero attached hydrogens (tertiary/aromatic N) is 1. The minimum atomic E-state index is -3.81. The zero-order valence-corrected chi connectivity index (χ0v) is 14.4. The number of thiophene rings is 1. The Hall–Kier alpha value is -1.96. The summed E-state index contributed by atoms with van der Waals surface area (Å²) in [7, 11) is -3.81. The minimum Gasteiger partial charge on any atom is -0.468 e. The van der Waals surface area contributed by atoms with Gasteiger partial charge in [0.1, 0.15) is 11.6 Å². The van der Waals surface area contributed by atoms with Crippen LogP contribution in [0.15, 0.2) is 69.5 Å². The smallest absolute Gasteiger partial charge is 0.243 e. The van der Waals surface area contributed by atoms with Crippen LogP contribution >= 0.6 is 11.3 Å². The molecule has 0 fully saturated rings. The van der Waals surface area contributed by atoms with Crippen molar-refractivity contribution in [3.63, 3.8) is 0 Å². The van der Waals surface area contributed by atoms with E-state index in [1.165, 1.54) is 28.8 Å². The van der Waals surface area contributed by atoms with Crippen LogP contribution in [0.1, 0.15) is 10.6 Å². The third-order valence-electron chi connectivity index (χ3n) is 3.53. The maximum Gasteiger partial charge on any atom is 0.243 e. The standard InChI is InChI=1S/C17H16FNO3S2/c18-14-4-1-7-17(12-14)24(20,21)19(13-15-5-2-10-22-15)9-8-16-6-3-11-23-16/h1-7,10-12H,8-9,13H2. The number of benzene rings is 1. The molecule has 0 aliphatic heterocycles. The van der Waals surface area contributed by atoms with Crippen LogP contribution in [0.2, 0.25) is 0 Å². The molecule has 4 nitrogen and oxygen atoms in total. The Morgan fingerprint density at radius 3 is 2.67 bits per heavy atom. The van der Waals surface area contributed by atoms with Crippen LogP contribution in [-0.2, 0) is 23.0 Å². The van der Waals surface area contributed by atoms with Gasteiger partial charge in [0.25, 0.3) is 0 Å². The normalized spacial score (nSPS) is 11.9. The van der Waals surface area contributed by atoms with Gasteiger partial charge in [-0.3, -0.25) is 0 Å². The maximum absolute atomic E-state index is 13.4. The van der Waals surface area contributed by atoms with Crippen molar-refractivity contribution >= 4 is 21.4 Å². The molecule has 0 amide bonds. The van der Waals surface area contributed by atoms with Crippen molar-refractivity contribution in [2.24, 2.45) is 0 Å². The van der Waals surface area contributed by atoms with E-state index in [1.807, 2.05) is 17.5 Å². The fraction of sp³-hybridized carbons (Fsp3) is 0.176. The number of halogens is 1. The average Bonchev–Trinajstić information content (AvgIpc) is 3.25. The Morgan fingerprint density at radius 1 is 1.12 bits per heavy atom. The second-order valence-corrected chi connectivity index (χ2v) is 8.17. The lowest BCUT2D eigenvalue weighted by Crippen LogP contribution is -2.32. The third-order valence-corrected chi connectivity index (χ3v) is 6.31. The first-order valence-electron chi connectivity index (χ1n) is 7.36. The molecular weight excluding hydrogens is 349 g/mol. The SMILES string of the molecule is O=S(=O)(c1cccc(F)c1)N(CCc1cccs1)Cc1ccco1. The fourth-order valence-electron chi connectivity index (χ4n) is 2.33. The molecular formula is C17H16FNO3S2. The summed E-state index contributed by atoms with van der Waals surface area (Å²) in [5, 5.41) is 1.95. The highest BCUT2D eigenvalue weighted by Crippen LogP contribution is 2.21. The summed E-state index contributed by atoms with van der Waals surface area (Å²) in [6.45, 7) is 0.400. The van der Waals surface area contributed by atoms with Crippen molar-refractivity contribution in [1.82, 2.24) is 4.31 Å². The Bertz CT molecular complexity index is 874. The van der Waals surface area contributed by atoms with Gasteiger partial charge in [0.15, 0.2) is 0 Å². The van der Waals surface area contributed by atoms with Crippen molar-refractivity contribution in [2.45, 2.75) is 17.9 Å². The van der Waals surface area contributed by atoms with Gasteiger partial charge in [0, 0.05) is 11.4 Å². The van der Waals surface area contributed by atoms with Gasteiger partial charge < -0.3 is 4.42 Å². The molecule has 24 heavy (non-hydrogen) atoms. The van der Waals surface area contributed by atoms with Crippen LogP contribution in [0, 0.1) is 5.82 Å². The topological polar surface area (TPSA) is 50.5 Å². The molecule has 0 unspecified atom stereocenters. The summed E-state index contributed by atoms with van der Waals surface area (Å²) < 4.78 is 45.8. The predicted octanol–water partition coefficient (Wildman–Crippen LogP) is 3.91. The number of rotatable bonds is 7. The molecule has 126 valence electrons. The van der Waals surface area contributed by atoms with Crippen molar-refractivity contribution in [1.29, 1.82) is 0 Å². The van der Waals surface area contributed by atoms with Crippen molar-refractivity contribution < 1.29 is 17.2 Å². The van der Waals surface area contributed by atoms with Crippen LogP contribution in [0.3, 0.4) is 0 Å². The summed E-state index contributed by atoms with van der Waals surface area (Å²) in [5.41, 5.74) is 0. The highest BCUT2D eigenvalue weighted by Gasteiger charge is 2.25. The van der Waals surface area contributed by atoms with Crippen molar-refractivity contribution in [3.05, 3.63) is 76.6 Å². The minimum absolute atomic E-state index is 0.0553. The van der Waals surface area contributed by atoms with E-state index < -0.39 is 15.8 Å². The predicted molar refractivity (Wildman–Crippen MR) is 90.7 cm³/mol. The molecule has 0 saturated heterocycles. The Labute approximate surface area is 144 Å². The molecule has 1 aromatic carbocycles. The van der Waals surface area contributed by atoms with Crippen LogP contribution in [0.25, 0.3) is 0 Å². The molecule has 7 heteroatoms. The summed E-state index contributed by atoms with van der Waals surface area (Å²) in [5.74, 6) is -0.0339. The lowest BCUT2D eigenvalue weighted by atomic mass is 10.3. The highest BCUT2D eigenvalue weighted by atomic mass is 32.2. The Balaban J connectivity index is 1.87. The summed E-state index contributed by atoms with van der Waals surface area (Å²) in [6, 6.07) is 12.4. The maximum atomic E-state index is 13.4. The first kappa shape index (κ1) is 16.9. The van der Waals surface area contributed by atoms with E-state index in [4.69, 9.17) is 4.42 Å². The zero-order chi connectivity index (χ0) is 17.0. The largest absolute Gasteiger partial charge is 0.468 e. The van der Waals surface area contributed by atoms with Gasteiger partial charge in [0.2, 0.25) is 10.0 Å². The molecule has 0 N–H and O–H groups in total. The molecule has 0 bridgehead atoms. The van der Waals surface area contributed by atoms with Crippen molar-refractivity contribution in [2.75, 3.05) is 6.54 Å². The molecule has 0 saturated carbocycles. The van der Waals surface area contributed by atoms with Gasteiger partial charge >= 0.3 is 0 Å². The Kier molecular flexibility index (Phi) is 5.13. The summed E-state index contributed by atoms with van der Waals surface area (Å²) in [6.07, 6.45) is 2.09. The second kappa shape index (κ2) is 7.29. The summed E-state index contributed by atoms with van der Waals surface area (Å²) in [4.78, 5) is 1.04.